The average Bonchev–Trinajstić information content (AvgIpc) is 2.26. The van der Waals surface area contributed by atoms with Gasteiger partial charge < -0.3 is 15.4 Å². The molecular weight excluding hydrogens is 190 g/mol. The van der Waals surface area contributed by atoms with Crippen LogP contribution >= 0.6 is 0 Å². The van der Waals surface area contributed by atoms with Crippen LogP contribution in [0.3, 0.4) is 0 Å². The van der Waals surface area contributed by atoms with Gasteiger partial charge in [0.1, 0.15) is 0 Å². The number of nitrogens with zero attached hydrogens (tertiary/aromatic N) is 1. The molecule has 0 aromatic heterocycles. The zero-order valence-electron chi connectivity index (χ0n) is 10.3. The van der Waals surface area contributed by atoms with Crippen molar-refractivity contribution in [3.8, 4) is 0 Å². The van der Waals surface area contributed by atoms with Crippen LogP contribution in [0, 0.1) is 0 Å². The molecule has 0 radical (unpaired) electrons. The molecule has 90 valence electrons. The molecule has 15 heavy (non-hydrogen) atoms. The molecule has 0 aromatic carbocycles. The molecule has 1 saturated heterocycles. The summed E-state index contributed by atoms with van der Waals surface area (Å²) in [6, 6.07) is 0. The lowest BCUT2D eigenvalue weighted by molar-refractivity contribution is 0.0994. The van der Waals surface area contributed by atoms with E-state index in [1.807, 2.05) is 0 Å². The summed E-state index contributed by atoms with van der Waals surface area (Å²) in [5.74, 6) is 0. The van der Waals surface area contributed by atoms with E-state index in [-0.39, 0.29) is 5.54 Å². The molecular formula is C11H25N3O. The molecule has 0 aromatic rings. The topological polar surface area (TPSA) is 36.5 Å². The van der Waals surface area contributed by atoms with Gasteiger partial charge in [0.15, 0.2) is 0 Å². The van der Waals surface area contributed by atoms with Crippen molar-refractivity contribution in [2.24, 2.45) is 0 Å². The second-order valence-electron chi connectivity index (χ2n) is 4.72. The fraction of sp³-hybridized carbons (Fsp3) is 1.00. The van der Waals surface area contributed by atoms with Crippen molar-refractivity contribution in [1.82, 2.24) is 15.5 Å². The van der Waals surface area contributed by atoms with Crippen LogP contribution in [0.2, 0.25) is 0 Å². The van der Waals surface area contributed by atoms with Gasteiger partial charge in [-0.05, 0) is 13.8 Å². The standard InChI is InChI=1S/C11H25N3O/c1-11(2,10-13-6-9-15-3)14-7-4-12-5-8-14/h12-13H,4-10H2,1-3H3. The lowest BCUT2D eigenvalue weighted by Gasteiger charge is -2.41. The molecule has 0 unspecified atom stereocenters. The van der Waals surface area contributed by atoms with Gasteiger partial charge in [-0.3, -0.25) is 4.90 Å². The van der Waals surface area contributed by atoms with Crippen molar-refractivity contribution in [3.63, 3.8) is 0 Å². The Labute approximate surface area is 93.4 Å². The molecule has 0 aliphatic carbocycles. The minimum absolute atomic E-state index is 0.246. The normalized spacial score (nSPS) is 19.4. The molecule has 0 bridgehead atoms. The number of methoxy groups -OCH3 is 1. The van der Waals surface area contributed by atoms with Crippen LogP contribution < -0.4 is 10.6 Å². The van der Waals surface area contributed by atoms with Crippen molar-refractivity contribution in [2.45, 2.75) is 19.4 Å². The third-order valence-electron chi connectivity index (χ3n) is 3.01. The summed E-state index contributed by atoms with van der Waals surface area (Å²) in [7, 11) is 1.74. The van der Waals surface area contributed by atoms with E-state index >= 15 is 0 Å². The molecule has 1 fully saturated rings. The van der Waals surface area contributed by atoms with Crippen LogP contribution in [0.4, 0.5) is 0 Å². The highest BCUT2D eigenvalue weighted by Crippen LogP contribution is 2.13. The molecule has 1 aliphatic heterocycles. The molecule has 0 amide bonds. The van der Waals surface area contributed by atoms with Crippen molar-refractivity contribution in [3.05, 3.63) is 0 Å². The predicted octanol–water partition coefficient (Wildman–Crippen LogP) is -0.0938. The maximum absolute atomic E-state index is 5.02. The van der Waals surface area contributed by atoms with Gasteiger partial charge in [-0.2, -0.15) is 0 Å². The minimum Gasteiger partial charge on any atom is -0.383 e. The van der Waals surface area contributed by atoms with Gasteiger partial charge in [0.05, 0.1) is 6.61 Å². The van der Waals surface area contributed by atoms with E-state index in [2.05, 4.69) is 29.4 Å². The van der Waals surface area contributed by atoms with Crippen LogP contribution in [0.5, 0.6) is 0 Å². The van der Waals surface area contributed by atoms with E-state index < -0.39 is 0 Å². The van der Waals surface area contributed by atoms with E-state index in [4.69, 9.17) is 4.74 Å². The fourth-order valence-electron chi connectivity index (χ4n) is 1.95. The Hall–Kier alpha value is -0.160. The summed E-state index contributed by atoms with van der Waals surface area (Å²) < 4.78 is 5.02. The summed E-state index contributed by atoms with van der Waals surface area (Å²) in [5.41, 5.74) is 0.246. The van der Waals surface area contributed by atoms with Crippen molar-refractivity contribution in [1.29, 1.82) is 0 Å². The van der Waals surface area contributed by atoms with Gasteiger partial charge in [0, 0.05) is 51.9 Å². The van der Waals surface area contributed by atoms with E-state index in [9.17, 15) is 0 Å². The zero-order chi connectivity index (χ0) is 11.1. The first-order valence-corrected chi connectivity index (χ1v) is 5.82. The number of ether oxygens (including phenoxy) is 1. The Bertz CT molecular complexity index is 167. The van der Waals surface area contributed by atoms with Gasteiger partial charge in [0.25, 0.3) is 0 Å². The number of hydrogen-bond donors (Lipinski definition) is 2. The SMILES string of the molecule is COCCNCC(C)(C)N1CCNCC1. The van der Waals surface area contributed by atoms with Crippen LogP contribution in [0.1, 0.15) is 13.8 Å². The Morgan fingerprint density at radius 2 is 2.00 bits per heavy atom. The van der Waals surface area contributed by atoms with Crippen LogP contribution in [-0.2, 0) is 4.74 Å². The number of nitrogens with one attached hydrogen (secondary N) is 2. The van der Waals surface area contributed by atoms with E-state index in [0.717, 1.165) is 45.9 Å². The van der Waals surface area contributed by atoms with Crippen molar-refractivity contribution < 1.29 is 4.74 Å². The predicted molar refractivity (Wildman–Crippen MR) is 63.3 cm³/mol. The molecule has 4 heteroatoms. The van der Waals surface area contributed by atoms with Crippen LogP contribution in [0.25, 0.3) is 0 Å². The van der Waals surface area contributed by atoms with Gasteiger partial charge in [0.2, 0.25) is 0 Å². The Kier molecular flexibility index (Phi) is 5.53. The van der Waals surface area contributed by atoms with E-state index in [0.29, 0.717) is 0 Å². The highest BCUT2D eigenvalue weighted by Gasteiger charge is 2.26. The largest absolute Gasteiger partial charge is 0.383 e. The number of piperazine rings is 1. The summed E-state index contributed by atoms with van der Waals surface area (Å²) in [5, 5.41) is 6.82. The van der Waals surface area contributed by atoms with Gasteiger partial charge in [-0.1, -0.05) is 0 Å². The molecule has 1 heterocycles. The quantitative estimate of drug-likeness (QED) is 0.607. The molecule has 1 aliphatic rings. The van der Waals surface area contributed by atoms with E-state index in [1.54, 1.807) is 7.11 Å². The third-order valence-corrected chi connectivity index (χ3v) is 3.01. The molecule has 2 N–H and O–H groups in total. The first-order valence-electron chi connectivity index (χ1n) is 5.82. The molecule has 4 nitrogen and oxygen atoms in total. The maximum atomic E-state index is 5.02. The Morgan fingerprint density at radius 3 is 2.60 bits per heavy atom. The molecule has 0 spiro atoms. The van der Waals surface area contributed by atoms with Crippen LogP contribution in [-0.4, -0.2) is 63.4 Å². The monoisotopic (exact) mass is 215 g/mol. The number of hydrogen-bond acceptors (Lipinski definition) is 4. The van der Waals surface area contributed by atoms with Crippen molar-refractivity contribution >= 4 is 0 Å². The Balaban J connectivity index is 2.23. The van der Waals surface area contributed by atoms with Crippen molar-refractivity contribution in [2.75, 3.05) is 53.0 Å². The Morgan fingerprint density at radius 1 is 1.33 bits per heavy atom. The summed E-state index contributed by atoms with van der Waals surface area (Å²) in [6.07, 6.45) is 0. The zero-order valence-corrected chi connectivity index (χ0v) is 10.3. The first kappa shape index (κ1) is 12.9. The maximum Gasteiger partial charge on any atom is 0.0587 e. The average molecular weight is 215 g/mol. The van der Waals surface area contributed by atoms with E-state index in [1.165, 1.54) is 0 Å². The minimum atomic E-state index is 0.246. The summed E-state index contributed by atoms with van der Waals surface area (Å²) in [6.45, 7) is 11.9. The first-order chi connectivity index (χ1) is 7.17. The molecule has 1 rings (SSSR count). The second kappa shape index (κ2) is 6.43. The second-order valence-corrected chi connectivity index (χ2v) is 4.72. The smallest absolute Gasteiger partial charge is 0.0587 e. The highest BCUT2D eigenvalue weighted by atomic mass is 16.5. The van der Waals surface area contributed by atoms with Gasteiger partial charge >= 0.3 is 0 Å². The summed E-state index contributed by atoms with van der Waals surface area (Å²) in [4.78, 5) is 2.54. The van der Waals surface area contributed by atoms with Gasteiger partial charge in [-0.25, -0.2) is 0 Å². The molecule has 0 saturated carbocycles. The lowest BCUT2D eigenvalue weighted by Crippen LogP contribution is -2.57. The fourth-order valence-corrected chi connectivity index (χ4v) is 1.95. The van der Waals surface area contributed by atoms with Crippen LogP contribution in [0.15, 0.2) is 0 Å². The lowest BCUT2D eigenvalue weighted by atomic mass is 10.0. The van der Waals surface area contributed by atoms with Gasteiger partial charge in [-0.15, -0.1) is 0 Å². The highest BCUT2D eigenvalue weighted by molar-refractivity contribution is 4.86. The summed E-state index contributed by atoms with van der Waals surface area (Å²) >= 11 is 0. The molecule has 0 atom stereocenters. The third kappa shape index (κ3) is 4.47. The number of rotatable bonds is 6.